The van der Waals surface area contributed by atoms with Crippen molar-refractivity contribution in [3.05, 3.63) is 52.1 Å². The minimum atomic E-state index is -0.663. The molecule has 0 fully saturated rings. The second kappa shape index (κ2) is 8.85. The Hall–Kier alpha value is -2.62. The van der Waals surface area contributed by atoms with Crippen molar-refractivity contribution in [3.8, 4) is 11.1 Å². The lowest BCUT2D eigenvalue weighted by atomic mass is 10.00. The molecular formula is C23H28O4. The van der Waals surface area contributed by atoms with Gasteiger partial charge in [-0.25, -0.2) is 9.59 Å². The quantitative estimate of drug-likeness (QED) is 0.310. The zero-order chi connectivity index (χ0) is 20.1. The highest BCUT2D eigenvalue weighted by Crippen LogP contribution is 2.37. The van der Waals surface area contributed by atoms with Crippen molar-refractivity contribution in [2.75, 3.05) is 13.2 Å². The van der Waals surface area contributed by atoms with Crippen molar-refractivity contribution in [2.45, 2.75) is 47.5 Å². The predicted molar refractivity (Wildman–Crippen MR) is 108 cm³/mol. The number of ether oxygens (including phenoxy) is 2. The van der Waals surface area contributed by atoms with Gasteiger partial charge < -0.3 is 9.47 Å². The molecule has 0 heterocycles. The van der Waals surface area contributed by atoms with Crippen LogP contribution in [0.2, 0.25) is 0 Å². The molecule has 0 saturated carbocycles. The van der Waals surface area contributed by atoms with Gasteiger partial charge in [-0.15, -0.1) is 0 Å². The number of aryl methyl sites for hydroxylation is 2. The van der Waals surface area contributed by atoms with Gasteiger partial charge in [-0.3, -0.25) is 0 Å². The van der Waals surface area contributed by atoms with Crippen molar-refractivity contribution >= 4 is 18.0 Å². The van der Waals surface area contributed by atoms with Crippen LogP contribution < -0.4 is 0 Å². The molecule has 0 radical (unpaired) electrons. The molecule has 2 aliphatic rings. The van der Waals surface area contributed by atoms with Crippen molar-refractivity contribution in [1.29, 1.82) is 0 Å². The van der Waals surface area contributed by atoms with E-state index in [-0.39, 0.29) is 18.8 Å². The molecule has 0 amide bonds. The molecule has 0 unspecified atom stereocenters. The molecule has 2 aliphatic carbocycles. The van der Waals surface area contributed by atoms with Crippen LogP contribution in [0, 0.1) is 13.8 Å². The summed E-state index contributed by atoms with van der Waals surface area (Å²) in [5, 5.41) is 0. The first-order valence-corrected chi connectivity index (χ1v) is 9.39. The van der Waals surface area contributed by atoms with Gasteiger partial charge in [-0.1, -0.05) is 38.1 Å². The molecule has 0 N–H and O–H groups in total. The monoisotopic (exact) mass is 368 g/mol. The minimum Gasteiger partial charge on any atom is -0.462 e. The number of fused-ring (bicyclic) bond motifs is 1. The Balaban J connectivity index is 2.65. The van der Waals surface area contributed by atoms with E-state index in [1.54, 1.807) is 19.9 Å². The number of carbonyl (C=O) groups is 2. The zero-order valence-corrected chi connectivity index (χ0v) is 17.0. The molecule has 0 bridgehead atoms. The van der Waals surface area contributed by atoms with Crippen LogP contribution in [0.1, 0.15) is 55.9 Å². The lowest BCUT2D eigenvalue weighted by Crippen LogP contribution is -2.18. The smallest absolute Gasteiger partial charge is 0.345 e. The summed E-state index contributed by atoms with van der Waals surface area (Å²) >= 11 is 0. The van der Waals surface area contributed by atoms with E-state index in [0.717, 1.165) is 27.8 Å². The van der Waals surface area contributed by atoms with E-state index in [9.17, 15) is 9.59 Å². The van der Waals surface area contributed by atoms with Crippen molar-refractivity contribution in [1.82, 2.24) is 0 Å². The van der Waals surface area contributed by atoms with Crippen LogP contribution in [0.5, 0.6) is 0 Å². The van der Waals surface area contributed by atoms with Gasteiger partial charge >= 0.3 is 11.9 Å². The second-order valence-corrected chi connectivity index (χ2v) is 6.89. The topological polar surface area (TPSA) is 52.6 Å². The first kappa shape index (κ1) is 20.7. The fraction of sp³-hybridized carbons (Fsp3) is 0.391. The number of esters is 2. The molecule has 0 aromatic carbocycles. The molecule has 27 heavy (non-hydrogen) atoms. The molecule has 4 nitrogen and oxygen atoms in total. The lowest BCUT2D eigenvalue weighted by Gasteiger charge is -2.08. The van der Waals surface area contributed by atoms with E-state index in [0.29, 0.717) is 5.92 Å². The Labute approximate surface area is 161 Å². The summed E-state index contributed by atoms with van der Waals surface area (Å²) in [6.07, 6.45) is 1.59. The third-order valence-corrected chi connectivity index (χ3v) is 4.54. The average molecular weight is 368 g/mol. The predicted octanol–water partition coefficient (Wildman–Crippen LogP) is 5.04. The van der Waals surface area contributed by atoms with Crippen molar-refractivity contribution in [2.24, 2.45) is 0 Å². The summed E-state index contributed by atoms with van der Waals surface area (Å²) in [5.74, 6) is -0.921. The summed E-state index contributed by atoms with van der Waals surface area (Å²) in [5.41, 5.74) is 6.33. The molecule has 144 valence electrons. The first-order chi connectivity index (χ1) is 12.8. The van der Waals surface area contributed by atoms with E-state index in [4.69, 9.17) is 9.47 Å². The molecule has 0 saturated heterocycles. The Morgan fingerprint density at radius 2 is 1.56 bits per heavy atom. The molecule has 0 atom stereocenters. The summed E-state index contributed by atoms with van der Waals surface area (Å²) in [6, 6.07) is 8.40. The maximum atomic E-state index is 12.3. The Morgan fingerprint density at radius 1 is 0.963 bits per heavy atom. The fourth-order valence-electron chi connectivity index (χ4n) is 3.13. The fourth-order valence-corrected chi connectivity index (χ4v) is 3.13. The van der Waals surface area contributed by atoms with Gasteiger partial charge in [0.25, 0.3) is 0 Å². The van der Waals surface area contributed by atoms with Gasteiger partial charge in [0.15, 0.2) is 0 Å². The molecule has 4 heteroatoms. The van der Waals surface area contributed by atoms with E-state index >= 15 is 0 Å². The van der Waals surface area contributed by atoms with Crippen molar-refractivity contribution in [3.63, 3.8) is 0 Å². The van der Waals surface area contributed by atoms with E-state index < -0.39 is 11.9 Å². The van der Waals surface area contributed by atoms with Gasteiger partial charge in [-0.05, 0) is 73.1 Å². The minimum absolute atomic E-state index is 0.0828. The van der Waals surface area contributed by atoms with Crippen molar-refractivity contribution < 1.29 is 19.1 Å². The third kappa shape index (κ3) is 4.57. The van der Waals surface area contributed by atoms with Gasteiger partial charge in [0, 0.05) is 0 Å². The Bertz CT molecular complexity index is 826. The third-order valence-electron chi connectivity index (χ3n) is 4.54. The molecular weight excluding hydrogens is 340 g/mol. The molecule has 0 spiro atoms. The number of hydrogen-bond acceptors (Lipinski definition) is 4. The van der Waals surface area contributed by atoms with Crippen LogP contribution in [-0.2, 0) is 19.1 Å². The van der Waals surface area contributed by atoms with Crippen LogP contribution >= 0.6 is 0 Å². The van der Waals surface area contributed by atoms with Crippen LogP contribution in [0.25, 0.3) is 17.2 Å². The average Bonchev–Trinajstić information content (AvgIpc) is 2.79. The molecule has 0 aromatic heterocycles. The second-order valence-electron chi connectivity index (χ2n) is 6.89. The van der Waals surface area contributed by atoms with Gasteiger partial charge in [-0.2, -0.15) is 0 Å². The zero-order valence-electron chi connectivity index (χ0n) is 17.0. The number of rotatable bonds is 6. The summed E-state index contributed by atoms with van der Waals surface area (Å²) in [6.45, 7) is 12.2. The van der Waals surface area contributed by atoms with E-state index in [2.05, 4.69) is 32.0 Å². The normalized spacial score (nSPS) is 10.8. The summed E-state index contributed by atoms with van der Waals surface area (Å²) < 4.78 is 10.1. The van der Waals surface area contributed by atoms with Crippen LogP contribution in [-0.4, -0.2) is 25.2 Å². The highest BCUT2D eigenvalue weighted by Gasteiger charge is 2.23. The largest absolute Gasteiger partial charge is 0.462 e. The summed E-state index contributed by atoms with van der Waals surface area (Å²) in [4.78, 5) is 24.6. The molecule has 2 rings (SSSR count). The highest BCUT2D eigenvalue weighted by atomic mass is 16.6. The number of hydrogen-bond donors (Lipinski definition) is 0. The maximum Gasteiger partial charge on any atom is 0.345 e. The number of carbonyl (C=O) groups excluding carboxylic acids is 2. The highest BCUT2D eigenvalue weighted by molar-refractivity contribution is 6.18. The van der Waals surface area contributed by atoms with Crippen LogP contribution in [0.3, 0.4) is 0 Å². The Morgan fingerprint density at radius 3 is 2.07 bits per heavy atom. The SMILES string of the molecule is CCOC(=O)C(=Cc1cc(C)c2cc(C(C)C)ccc(C)c1-2)C(=O)OCC. The van der Waals surface area contributed by atoms with Gasteiger partial charge in [0.2, 0.25) is 0 Å². The maximum absolute atomic E-state index is 12.3. The summed E-state index contributed by atoms with van der Waals surface area (Å²) in [7, 11) is 0. The van der Waals surface area contributed by atoms with E-state index in [1.807, 2.05) is 19.9 Å². The van der Waals surface area contributed by atoms with Crippen LogP contribution in [0.4, 0.5) is 0 Å². The lowest BCUT2D eigenvalue weighted by molar-refractivity contribution is -0.146. The molecule has 0 aliphatic heterocycles. The molecule has 0 aromatic rings. The Kier molecular flexibility index (Phi) is 6.78. The first-order valence-electron chi connectivity index (χ1n) is 9.39. The standard InChI is InChI=1S/C23H28O4/c1-7-26-22(24)20(23(25)27-8-2)13-18-11-16(6)19-12-17(14(3)4)10-9-15(5)21(18)19/h9-14H,7-8H2,1-6H3. The van der Waals surface area contributed by atoms with Gasteiger partial charge in [0.1, 0.15) is 5.57 Å². The van der Waals surface area contributed by atoms with Crippen LogP contribution in [0.15, 0.2) is 29.8 Å². The van der Waals surface area contributed by atoms with Gasteiger partial charge in [0.05, 0.1) is 13.2 Å². The van der Waals surface area contributed by atoms with E-state index in [1.165, 1.54) is 5.56 Å².